The van der Waals surface area contributed by atoms with Gasteiger partial charge in [0, 0.05) is 13.0 Å². The molecule has 0 aliphatic carbocycles. The van der Waals surface area contributed by atoms with E-state index in [0.717, 1.165) is 18.3 Å². The number of carbonyl (C=O) groups excluding carboxylic acids is 3. The van der Waals surface area contributed by atoms with Crippen molar-refractivity contribution in [3.8, 4) is 0 Å². The van der Waals surface area contributed by atoms with Gasteiger partial charge in [0.2, 0.25) is 0 Å². The number of esters is 2. The summed E-state index contributed by atoms with van der Waals surface area (Å²) in [5.41, 5.74) is -0.0360. The summed E-state index contributed by atoms with van der Waals surface area (Å²) < 4.78 is 10.6. The second-order valence-corrected chi connectivity index (χ2v) is 7.31. The molecule has 1 aliphatic heterocycles. The van der Waals surface area contributed by atoms with Gasteiger partial charge < -0.3 is 14.3 Å². The van der Waals surface area contributed by atoms with Crippen LogP contribution in [-0.4, -0.2) is 48.4 Å². The normalized spacial score (nSPS) is 21.0. The maximum Gasteiger partial charge on any atom is 0.326 e. The molecule has 1 aromatic rings. The van der Waals surface area contributed by atoms with Gasteiger partial charge in [-0.25, -0.2) is 0 Å². The molecule has 148 valence electrons. The molecule has 0 spiro atoms. The molecule has 0 amide bonds. The molecule has 6 heteroatoms. The Kier molecular flexibility index (Phi) is 7.54. The van der Waals surface area contributed by atoms with Crippen molar-refractivity contribution >= 4 is 18.2 Å². The Hall–Kier alpha value is -2.21. The molecule has 1 aromatic carbocycles. The van der Waals surface area contributed by atoms with Crippen molar-refractivity contribution in [2.24, 2.45) is 5.92 Å². The fourth-order valence-corrected chi connectivity index (χ4v) is 3.96. The van der Waals surface area contributed by atoms with Gasteiger partial charge in [-0.15, -0.1) is 0 Å². The van der Waals surface area contributed by atoms with Crippen LogP contribution in [0.5, 0.6) is 0 Å². The molecular formula is C21H29NO5. The highest BCUT2D eigenvalue weighted by Crippen LogP contribution is 2.38. The summed E-state index contributed by atoms with van der Waals surface area (Å²) in [6, 6.07) is 8.93. The van der Waals surface area contributed by atoms with E-state index < -0.39 is 11.6 Å². The van der Waals surface area contributed by atoms with E-state index in [4.69, 9.17) is 9.47 Å². The monoisotopic (exact) mass is 375 g/mol. The topological polar surface area (TPSA) is 72.9 Å². The van der Waals surface area contributed by atoms with Gasteiger partial charge in [-0.1, -0.05) is 44.2 Å². The number of methoxy groups -OCH3 is 1. The van der Waals surface area contributed by atoms with E-state index in [9.17, 15) is 14.4 Å². The number of benzene rings is 1. The van der Waals surface area contributed by atoms with Crippen LogP contribution in [0.4, 0.5) is 0 Å². The number of hydrogen-bond acceptors (Lipinski definition) is 6. The van der Waals surface area contributed by atoms with Crippen LogP contribution in [0.3, 0.4) is 0 Å². The first-order valence-electron chi connectivity index (χ1n) is 9.45. The number of nitrogens with zero attached hydrogens (tertiary/aromatic N) is 1. The van der Waals surface area contributed by atoms with Crippen molar-refractivity contribution in [3.63, 3.8) is 0 Å². The summed E-state index contributed by atoms with van der Waals surface area (Å²) >= 11 is 0. The van der Waals surface area contributed by atoms with E-state index in [-0.39, 0.29) is 30.9 Å². The molecule has 0 saturated carbocycles. The average Bonchev–Trinajstić information content (AvgIpc) is 3.09. The molecule has 1 fully saturated rings. The predicted octanol–water partition coefficient (Wildman–Crippen LogP) is 2.74. The molecule has 0 unspecified atom stereocenters. The highest BCUT2D eigenvalue weighted by Gasteiger charge is 2.52. The minimum Gasteiger partial charge on any atom is -0.468 e. The van der Waals surface area contributed by atoms with Gasteiger partial charge in [-0.05, 0) is 30.7 Å². The van der Waals surface area contributed by atoms with Crippen molar-refractivity contribution in [2.45, 2.75) is 57.7 Å². The lowest BCUT2D eigenvalue weighted by Gasteiger charge is -2.41. The second-order valence-electron chi connectivity index (χ2n) is 7.31. The smallest absolute Gasteiger partial charge is 0.326 e. The Bertz CT molecular complexity index is 645. The van der Waals surface area contributed by atoms with E-state index in [2.05, 4.69) is 0 Å². The van der Waals surface area contributed by atoms with Gasteiger partial charge in [0.1, 0.15) is 24.5 Å². The molecule has 1 heterocycles. The van der Waals surface area contributed by atoms with Crippen LogP contribution in [0, 0.1) is 5.92 Å². The summed E-state index contributed by atoms with van der Waals surface area (Å²) in [5.74, 6) is -0.787. The fourth-order valence-electron chi connectivity index (χ4n) is 3.96. The first kappa shape index (κ1) is 21.1. The quantitative estimate of drug-likeness (QED) is 0.488. The Morgan fingerprint density at radius 2 is 1.96 bits per heavy atom. The second kappa shape index (κ2) is 9.65. The number of likely N-dealkylation sites (tertiary alicyclic amines) is 1. The molecule has 1 aliphatic rings. The summed E-state index contributed by atoms with van der Waals surface area (Å²) in [5, 5.41) is 0. The minimum absolute atomic E-state index is 0.0494. The standard InChI is InChI=1S/C21H29NO5/c1-16(2)18(19(24)27-15-17-9-5-4-6-10-17)22-13-7-11-21(22,12-8-14-23)20(25)26-3/h4-6,9-10,14,16,18H,7-8,11-13,15H2,1-3H3/t18-,21-/m0/s1. The first-order chi connectivity index (χ1) is 13.0. The van der Waals surface area contributed by atoms with Crippen molar-refractivity contribution in [2.75, 3.05) is 13.7 Å². The van der Waals surface area contributed by atoms with Crippen LogP contribution in [0.1, 0.15) is 45.1 Å². The first-order valence-corrected chi connectivity index (χ1v) is 9.45. The van der Waals surface area contributed by atoms with Crippen LogP contribution in [0.25, 0.3) is 0 Å². The van der Waals surface area contributed by atoms with Crippen molar-refractivity contribution in [3.05, 3.63) is 35.9 Å². The summed E-state index contributed by atoms with van der Waals surface area (Å²) in [7, 11) is 1.35. The Balaban J connectivity index is 2.22. The number of ether oxygens (including phenoxy) is 2. The molecule has 6 nitrogen and oxygen atoms in total. The third kappa shape index (κ3) is 4.75. The molecular weight excluding hydrogens is 346 g/mol. The van der Waals surface area contributed by atoms with Crippen LogP contribution < -0.4 is 0 Å². The van der Waals surface area contributed by atoms with E-state index >= 15 is 0 Å². The van der Waals surface area contributed by atoms with E-state index in [1.165, 1.54) is 7.11 Å². The van der Waals surface area contributed by atoms with Crippen LogP contribution in [0.15, 0.2) is 30.3 Å². The van der Waals surface area contributed by atoms with E-state index in [1.54, 1.807) is 0 Å². The number of carbonyl (C=O) groups is 3. The van der Waals surface area contributed by atoms with Crippen molar-refractivity contribution in [1.29, 1.82) is 0 Å². The average molecular weight is 375 g/mol. The number of hydrogen-bond donors (Lipinski definition) is 0. The SMILES string of the molecule is COC(=O)[C@@]1(CCC=O)CCCN1[C@H](C(=O)OCc1ccccc1)C(C)C. The Morgan fingerprint density at radius 1 is 1.26 bits per heavy atom. The zero-order chi connectivity index (χ0) is 19.9. The summed E-state index contributed by atoms with van der Waals surface area (Å²) in [6.45, 7) is 4.66. The summed E-state index contributed by atoms with van der Waals surface area (Å²) in [4.78, 5) is 38.4. The van der Waals surface area contributed by atoms with Crippen LogP contribution >= 0.6 is 0 Å². The van der Waals surface area contributed by atoms with Gasteiger partial charge in [0.05, 0.1) is 7.11 Å². The highest BCUT2D eigenvalue weighted by molar-refractivity contribution is 5.84. The lowest BCUT2D eigenvalue weighted by atomic mass is 9.87. The molecule has 27 heavy (non-hydrogen) atoms. The van der Waals surface area contributed by atoms with Gasteiger partial charge in [0.15, 0.2) is 0 Å². The Morgan fingerprint density at radius 3 is 2.56 bits per heavy atom. The van der Waals surface area contributed by atoms with Crippen molar-refractivity contribution < 1.29 is 23.9 Å². The predicted molar refractivity (Wildman–Crippen MR) is 101 cm³/mol. The molecule has 1 saturated heterocycles. The fraction of sp³-hybridized carbons (Fsp3) is 0.571. The van der Waals surface area contributed by atoms with Gasteiger partial charge >= 0.3 is 11.9 Å². The molecule has 0 bridgehead atoms. The van der Waals surface area contributed by atoms with Crippen LogP contribution in [0.2, 0.25) is 0 Å². The lowest BCUT2D eigenvalue weighted by Crippen LogP contribution is -2.59. The minimum atomic E-state index is -0.948. The zero-order valence-electron chi connectivity index (χ0n) is 16.3. The largest absolute Gasteiger partial charge is 0.468 e. The van der Waals surface area contributed by atoms with E-state index in [0.29, 0.717) is 19.4 Å². The van der Waals surface area contributed by atoms with Gasteiger partial charge in [0.25, 0.3) is 0 Å². The van der Waals surface area contributed by atoms with Gasteiger partial charge in [-0.2, -0.15) is 0 Å². The molecule has 2 atom stereocenters. The molecule has 0 aromatic heterocycles. The third-order valence-corrected chi connectivity index (χ3v) is 5.21. The molecule has 2 rings (SSSR count). The lowest BCUT2D eigenvalue weighted by molar-refractivity contribution is -0.164. The van der Waals surface area contributed by atoms with Gasteiger partial charge in [-0.3, -0.25) is 14.5 Å². The number of rotatable bonds is 9. The zero-order valence-corrected chi connectivity index (χ0v) is 16.3. The maximum absolute atomic E-state index is 12.9. The number of aldehydes is 1. The molecule has 0 radical (unpaired) electrons. The Labute approximate surface area is 160 Å². The maximum atomic E-state index is 12.9. The summed E-state index contributed by atoms with van der Waals surface area (Å²) in [6.07, 6.45) is 2.74. The highest BCUT2D eigenvalue weighted by atomic mass is 16.5. The van der Waals surface area contributed by atoms with Crippen LogP contribution in [-0.2, 0) is 30.5 Å². The third-order valence-electron chi connectivity index (χ3n) is 5.21. The molecule has 0 N–H and O–H groups in total. The van der Waals surface area contributed by atoms with Crippen molar-refractivity contribution in [1.82, 2.24) is 4.90 Å². The van der Waals surface area contributed by atoms with E-state index in [1.807, 2.05) is 49.1 Å².